The molecule has 0 atom stereocenters. The fourth-order valence-electron chi connectivity index (χ4n) is 2.33. The zero-order chi connectivity index (χ0) is 14.3. The van der Waals surface area contributed by atoms with Crippen LogP contribution in [0.5, 0.6) is 5.75 Å². The Labute approximate surface area is 115 Å². The number of rotatable bonds is 1. The molecule has 20 heavy (non-hydrogen) atoms. The first kappa shape index (κ1) is 12.3. The van der Waals surface area contributed by atoms with E-state index in [1.807, 2.05) is 30.3 Å². The molecule has 4 nitrogen and oxygen atoms in total. The third-order valence-electron chi connectivity index (χ3n) is 3.35. The number of phenolic OH excluding ortho intramolecular Hbond substituents is 1. The highest BCUT2D eigenvalue weighted by atomic mass is 16.4. The maximum Gasteiger partial charge on any atom is 0.336 e. The van der Waals surface area contributed by atoms with Crippen LogP contribution in [0.15, 0.2) is 51.7 Å². The molecule has 0 aliphatic rings. The van der Waals surface area contributed by atoms with Gasteiger partial charge in [-0.1, -0.05) is 30.3 Å². The molecule has 0 saturated heterocycles. The number of nitrogen functional groups attached to an aromatic ring is 1. The Morgan fingerprint density at radius 3 is 2.55 bits per heavy atom. The smallest absolute Gasteiger partial charge is 0.336 e. The van der Waals surface area contributed by atoms with E-state index in [9.17, 15) is 9.90 Å². The summed E-state index contributed by atoms with van der Waals surface area (Å²) in [5.74, 6) is -0.0501. The second-order valence-corrected chi connectivity index (χ2v) is 4.66. The highest BCUT2D eigenvalue weighted by Crippen LogP contribution is 2.36. The molecule has 3 N–H and O–H groups in total. The van der Waals surface area contributed by atoms with Gasteiger partial charge in [-0.25, -0.2) is 4.79 Å². The van der Waals surface area contributed by atoms with Crippen LogP contribution < -0.4 is 11.4 Å². The van der Waals surface area contributed by atoms with Gasteiger partial charge in [0.15, 0.2) is 0 Å². The van der Waals surface area contributed by atoms with Crippen LogP contribution >= 0.6 is 0 Å². The zero-order valence-electron chi connectivity index (χ0n) is 10.9. The minimum Gasteiger partial charge on any atom is -0.505 e. The predicted octanol–water partition coefficient (Wildman–Crippen LogP) is 3.06. The number of phenols is 1. The van der Waals surface area contributed by atoms with Gasteiger partial charge in [0.05, 0.1) is 5.69 Å². The highest BCUT2D eigenvalue weighted by molar-refractivity contribution is 5.98. The number of aryl methyl sites for hydroxylation is 1. The van der Waals surface area contributed by atoms with Crippen LogP contribution in [0.2, 0.25) is 0 Å². The molecule has 1 heterocycles. The van der Waals surface area contributed by atoms with Crippen molar-refractivity contribution >= 4 is 16.7 Å². The van der Waals surface area contributed by atoms with Crippen molar-refractivity contribution in [1.82, 2.24) is 0 Å². The number of benzene rings is 2. The monoisotopic (exact) mass is 267 g/mol. The largest absolute Gasteiger partial charge is 0.505 e. The lowest BCUT2D eigenvalue weighted by Gasteiger charge is -2.10. The molecule has 0 amide bonds. The first-order chi connectivity index (χ1) is 9.58. The first-order valence-corrected chi connectivity index (χ1v) is 6.19. The fraction of sp³-hybridized carbons (Fsp3) is 0.0625. The summed E-state index contributed by atoms with van der Waals surface area (Å²) in [7, 11) is 0. The summed E-state index contributed by atoms with van der Waals surface area (Å²) in [5.41, 5.74) is 8.08. The fourth-order valence-corrected chi connectivity index (χ4v) is 2.33. The average Bonchev–Trinajstić information content (AvgIpc) is 2.46. The lowest BCUT2D eigenvalue weighted by molar-refractivity contribution is 0.471. The van der Waals surface area contributed by atoms with Gasteiger partial charge in [0.2, 0.25) is 0 Å². The van der Waals surface area contributed by atoms with Gasteiger partial charge in [-0.3, -0.25) is 0 Å². The lowest BCUT2D eigenvalue weighted by Crippen LogP contribution is -2.00. The predicted molar refractivity (Wildman–Crippen MR) is 78.7 cm³/mol. The van der Waals surface area contributed by atoms with Crippen LogP contribution in [0.25, 0.3) is 22.1 Å². The van der Waals surface area contributed by atoms with Crippen molar-refractivity contribution in [3.63, 3.8) is 0 Å². The maximum absolute atomic E-state index is 11.7. The molecule has 0 radical (unpaired) electrons. The van der Waals surface area contributed by atoms with Crippen LogP contribution in [0.3, 0.4) is 0 Å². The van der Waals surface area contributed by atoms with E-state index in [2.05, 4.69) is 0 Å². The van der Waals surface area contributed by atoms with Gasteiger partial charge in [-0.05, 0) is 24.1 Å². The number of hydrogen-bond acceptors (Lipinski definition) is 4. The lowest BCUT2D eigenvalue weighted by atomic mass is 9.99. The van der Waals surface area contributed by atoms with Crippen LogP contribution in [-0.4, -0.2) is 5.11 Å². The molecule has 3 aromatic rings. The molecule has 0 bridgehead atoms. The number of anilines is 1. The molecule has 100 valence electrons. The SMILES string of the molecule is Cc1c(O)c(N)cc2c(-c3ccccc3)cc(=O)oc12. The van der Waals surface area contributed by atoms with Crippen LogP contribution in [0.1, 0.15) is 5.56 Å². The maximum atomic E-state index is 11.7. The summed E-state index contributed by atoms with van der Waals surface area (Å²) < 4.78 is 5.22. The van der Waals surface area contributed by atoms with Crippen molar-refractivity contribution in [2.45, 2.75) is 6.92 Å². The number of aromatic hydroxyl groups is 1. The van der Waals surface area contributed by atoms with Crippen molar-refractivity contribution < 1.29 is 9.52 Å². The van der Waals surface area contributed by atoms with Gasteiger partial charge in [0.25, 0.3) is 0 Å². The molecule has 1 aromatic heterocycles. The summed E-state index contributed by atoms with van der Waals surface area (Å²) in [6.07, 6.45) is 0. The van der Waals surface area contributed by atoms with Gasteiger partial charge in [-0.2, -0.15) is 0 Å². The molecule has 0 unspecified atom stereocenters. The van der Waals surface area contributed by atoms with Crippen molar-refractivity contribution in [3.8, 4) is 16.9 Å². The Bertz CT molecular complexity index is 851. The van der Waals surface area contributed by atoms with Crippen molar-refractivity contribution in [2.24, 2.45) is 0 Å². The molecule has 3 rings (SSSR count). The molecule has 0 spiro atoms. The minimum atomic E-state index is -0.455. The summed E-state index contributed by atoms with van der Waals surface area (Å²) in [6, 6.07) is 12.6. The van der Waals surface area contributed by atoms with E-state index in [0.29, 0.717) is 16.5 Å². The van der Waals surface area contributed by atoms with Crippen molar-refractivity contribution in [3.05, 3.63) is 58.4 Å². The number of fused-ring (bicyclic) bond motifs is 1. The van der Waals surface area contributed by atoms with E-state index < -0.39 is 5.63 Å². The molecular formula is C16H13NO3. The van der Waals surface area contributed by atoms with Gasteiger partial charge in [0.1, 0.15) is 11.3 Å². The summed E-state index contributed by atoms with van der Waals surface area (Å²) in [4.78, 5) is 11.7. The minimum absolute atomic E-state index is 0.0501. The van der Waals surface area contributed by atoms with Gasteiger partial charge in [0, 0.05) is 17.0 Å². The van der Waals surface area contributed by atoms with Crippen LogP contribution in [0, 0.1) is 6.92 Å². The third-order valence-corrected chi connectivity index (χ3v) is 3.35. The van der Waals surface area contributed by atoms with Crippen LogP contribution in [-0.2, 0) is 0 Å². The molecule has 0 aliphatic carbocycles. The first-order valence-electron chi connectivity index (χ1n) is 6.19. The van der Waals surface area contributed by atoms with Gasteiger partial charge < -0.3 is 15.3 Å². The Morgan fingerprint density at radius 1 is 1.15 bits per heavy atom. The molecule has 0 aliphatic heterocycles. The Hall–Kier alpha value is -2.75. The van der Waals surface area contributed by atoms with E-state index in [-0.39, 0.29) is 11.4 Å². The summed E-state index contributed by atoms with van der Waals surface area (Å²) >= 11 is 0. The Morgan fingerprint density at radius 2 is 1.85 bits per heavy atom. The molecule has 4 heteroatoms. The molecule has 0 saturated carbocycles. The Balaban J connectivity index is 2.47. The van der Waals surface area contributed by atoms with E-state index >= 15 is 0 Å². The van der Waals surface area contributed by atoms with Gasteiger partial charge >= 0.3 is 5.63 Å². The molecule has 2 aromatic carbocycles. The van der Waals surface area contributed by atoms with Crippen LogP contribution in [0.4, 0.5) is 5.69 Å². The standard InChI is InChI=1S/C16H13NO3/c1-9-15(19)13(17)7-12-11(8-14(18)20-16(9)12)10-5-3-2-4-6-10/h2-8,19H,17H2,1H3. The molecule has 0 fully saturated rings. The van der Waals surface area contributed by atoms with E-state index in [4.69, 9.17) is 10.2 Å². The normalized spacial score (nSPS) is 10.8. The number of hydrogen-bond donors (Lipinski definition) is 2. The topological polar surface area (TPSA) is 76.5 Å². The second kappa shape index (κ2) is 4.42. The molecular weight excluding hydrogens is 254 g/mol. The zero-order valence-corrected chi connectivity index (χ0v) is 10.9. The second-order valence-electron chi connectivity index (χ2n) is 4.66. The third kappa shape index (κ3) is 1.82. The van der Waals surface area contributed by atoms with E-state index in [1.165, 1.54) is 6.07 Å². The summed E-state index contributed by atoms with van der Waals surface area (Å²) in [5, 5.41) is 10.6. The van der Waals surface area contributed by atoms with Gasteiger partial charge in [-0.15, -0.1) is 0 Å². The Kier molecular flexibility index (Phi) is 2.71. The summed E-state index contributed by atoms with van der Waals surface area (Å²) in [6.45, 7) is 1.67. The van der Waals surface area contributed by atoms with Crippen molar-refractivity contribution in [1.29, 1.82) is 0 Å². The quantitative estimate of drug-likeness (QED) is 0.403. The number of nitrogens with two attached hydrogens (primary N) is 1. The average molecular weight is 267 g/mol. The highest BCUT2D eigenvalue weighted by Gasteiger charge is 2.14. The van der Waals surface area contributed by atoms with Crippen molar-refractivity contribution in [2.75, 3.05) is 5.73 Å². The van der Waals surface area contributed by atoms with E-state index in [0.717, 1.165) is 11.1 Å². The van der Waals surface area contributed by atoms with E-state index in [1.54, 1.807) is 13.0 Å².